The highest BCUT2D eigenvalue weighted by molar-refractivity contribution is 5.49. The molecule has 0 bridgehead atoms. The summed E-state index contributed by atoms with van der Waals surface area (Å²) >= 11 is 0. The minimum absolute atomic E-state index is 0.718. The van der Waals surface area contributed by atoms with Gasteiger partial charge in [-0.25, -0.2) is 0 Å². The first-order chi connectivity index (χ1) is 8.83. The van der Waals surface area contributed by atoms with Crippen molar-refractivity contribution in [2.45, 2.75) is 77.6 Å². The number of carbonyl (C=O) groups excluding carboxylic acids is 1. The van der Waals surface area contributed by atoms with Crippen LogP contribution in [-0.2, 0) is 4.79 Å². The molecule has 0 unspecified atom stereocenters. The minimum atomic E-state index is 0.718. The Hall–Kier alpha value is -0.330. The van der Waals surface area contributed by atoms with Crippen LogP contribution in [0, 0.1) is 23.7 Å². The van der Waals surface area contributed by atoms with E-state index in [-0.39, 0.29) is 0 Å². The molecule has 0 aromatic heterocycles. The summed E-state index contributed by atoms with van der Waals surface area (Å²) in [6.45, 7) is 2.32. The molecule has 0 N–H and O–H groups in total. The number of rotatable bonds is 5. The van der Waals surface area contributed by atoms with Crippen molar-refractivity contribution in [2.75, 3.05) is 0 Å². The summed E-state index contributed by atoms with van der Waals surface area (Å²) in [5, 5.41) is 0. The molecule has 18 heavy (non-hydrogen) atoms. The maximum atomic E-state index is 10.6. The second-order valence-electron chi connectivity index (χ2n) is 6.75. The van der Waals surface area contributed by atoms with E-state index in [1.165, 1.54) is 64.2 Å². The molecule has 104 valence electrons. The summed E-state index contributed by atoms with van der Waals surface area (Å²) < 4.78 is 0. The third-order valence-corrected chi connectivity index (χ3v) is 5.58. The van der Waals surface area contributed by atoms with Crippen LogP contribution in [0.3, 0.4) is 0 Å². The predicted octanol–water partition coefficient (Wildman–Crippen LogP) is 4.99. The van der Waals surface area contributed by atoms with Gasteiger partial charge in [0.15, 0.2) is 0 Å². The molecule has 2 saturated carbocycles. The lowest BCUT2D eigenvalue weighted by Crippen LogP contribution is -2.26. The van der Waals surface area contributed by atoms with Crippen LogP contribution in [0.5, 0.6) is 0 Å². The molecule has 2 rings (SSSR count). The smallest absolute Gasteiger partial charge is 0.120 e. The average Bonchev–Trinajstić information content (AvgIpc) is 2.41. The van der Waals surface area contributed by atoms with Gasteiger partial charge < -0.3 is 4.79 Å². The largest absolute Gasteiger partial charge is 0.303 e. The van der Waals surface area contributed by atoms with Crippen molar-refractivity contribution < 1.29 is 4.79 Å². The third kappa shape index (κ3) is 3.83. The maximum Gasteiger partial charge on any atom is 0.120 e. The monoisotopic (exact) mass is 250 g/mol. The van der Waals surface area contributed by atoms with E-state index in [9.17, 15) is 4.79 Å². The highest BCUT2D eigenvalue weighted by Gasteiger charge is 2.30. The van der Waals surface area contributed by atoms with Crippen molar-refractivity contribution in [3.63, 3.8) is 0 Å². The average molecular weight is 250 g/mol. The Morgan fingerprint density at radius 1 is 0.833 bits per heavy atom. The zero-order chi connectivity index (χ0) is 12.8. The van der Waals surface area contributed by atoms with E-state index in [4.69, 9.17) is 0 Å². The van der Waals surface area contributed by atoms with E-state index < -0.39 is 0 Å². The van der Waals surface area contributed by atoms with E-state index in [0.717, 1.165) is 36.4 Å². The lowest BCUT2D eigenvalue weighted by atomic mass is 9.68. The van der Waals surface area contributed by atoms with Gasteiger partial charge in [-0.05, 0) is 62.2 Å². The molecule has 2 aliphatic carbocycles. The predicted molar refractivity (Wildman–Crippen MR) is 76.5 cm³/mol. The van der Waals surface area contributed by atoms with Gasteiger partial charge in [0.05, 0.1) is 0 Å². The van der Waals surface area contributed by atoms with Crippen LogP contribution >= 0.6 is 0 Å². The number of aldehydes is 1. The van der Waals surface area contributed by atoms with Gasteiger partial charge in [-0.2, -0.15) is 0 Å². The van der Waals surface area contributed by atoms with Crippen molar-refractivity contribution >= 4 is 6.29 Å². The molecule has 0 aromatic carbocycles. The fourth-order valence-electron chi connectivity index (χ4n) is 4.39. The van der Waals surface area contributed by atoms with Crippen LogP contribution in [0.25, 0.3) is 0 Å². The lowest BCUT2D eigenvalue weighted by molar-refractivity contribution is -0.108. The van der Waals surface area contributed by atoms with Gasteiger partial charge in [0.25, 0.3) is 0 Å². The van der Waals surface area contributed by atoms with E-state index in [1.54, 1.807) is 0 Å². The molecule has 0 radical (unpaired) electrons. The topological polar surface area (TPSA) is 17.1 Å². The van der Waals surface area contributed by atoms with Gasteiger partial charge in [0, 0.05) is 6.42 Å². The molecule has 0 amide bonds. The Balaban J connectivity index is 1.69. The Morgan fingerprint density at radius 2 is 1.33 bits per heavy atom. The first-order valence-corrected chi connectivity index (χ1v) is 8.27. The highest BCUT2D eigenvalue weighted by Crippen LogP contribution is 2.42. The van der Waals surface area contributed by atoms with Crippen LogP contribution < -0.4 is 0 Å². The van der Waals surface area contributed by atoms with Gasteiger partial charge in [0.1, 0.15) is 6.29 Å². The molecule has 1 heteroatoms. The second-order valence-corrected chi connectivity index (χ2v) is 6.75. The maximum absolute atomic E-state index is 10.6. The van der Waals surface area contributed by atoms with E-state index >= 15 is 0 Å². The zero-order valence-electron chi connectivity index (χ0n) is 12.1. The van der Waals surface area contributed by atoms with Gasteiger partial charge in [0.2, 0.25) is 0 Å². The number of hydrogen-bond acceptors (Lipinski definition) is 1. The van der Waals surface area contributed by atoms with Crippen molar-refractivity contribution in [3.05, 3.63) is 0 Å². The zero-order valence-corrected chi connectivity index (χ0v) is 12.1. The van der Waals surface area contributed by atoms with Crippen molar-refractivity contribution in [1.82, 2.24) is 0 Å². The molecule has 1 nitrogen and oxygen atoms in total. The third-order valence-electron chi connectivity index (χ3n) is 5.58. The quantitative estimate of drug-likeness (QED) is 0.628. The number of carbonyl (C=O) groups is 1. The molecular weight excluding hydrogens is 220 g/mol. The fourth-order valence-corrected chi connectivity index (χ4v) is 4.39. The summed E-state index contributed by atoms with van der Waals surface area (Å²) in [5.41, 5.74) is 0. The molecule has 0 spiro atoms. The standard InChI is InChI=1S/C17H30O/c1-2-3-14-4-8-16(9-5-14)17-10-6-15(7-11-17)12-13-18/h13-17H,2-12H2,1H3/t14-,15-,16-,17-. The molecule has 2 aliphatic rings. The highest BCUT2D eigenvalue weighted by atomic mass is 16.1. The van der Waals surface area contributed by atoms with Crippen molar-refractivity contribution in [2.24, 2.45) is 23.7 Å². The van der Waals surface area contributed by atoms with E-state index in [2.05, 4.69) is 6.92 Å². The molecule has 0 aromatic rings. The van der Waals surface area contributed by atoms with E-state index in [0.29, 0.717) is 0 Å². The van der Waals surface area contributed by atoms with Crippen molar-refractivity contribution in [3.8, 4) is 0 Å². The van der Waals surface area contributed by atoms with Gasteiger partial charge >= 0.3 is 0 Å². The Kier molecular flexibility index (Phi) is 5.72. The molecule has 0 saturated heterocycles. The van der Waals surface area contributed by atoms with Crippen LogP contribution in [-0.4, -0.2) is 6.29 Å². The van der Waals surface area contributed by atoms with E-state index in [1.807, 2.05) is 0 Å². The molecular formula is C17H30O. The normalized spacial score (nSPS) is 37.4. The van der Waals surface area contributed by atoms with Crippen LogP contribution in [0.1, 0.15) is 77.6 Å². The van der Waals surface area contributed by atoms with Gasteiger partial charge in [-0.3, -0.25) is 0 Å². The SMILES string of the molecule is CCC[C@H]1CC[C@H]([C@H]2CC[C@H](CC=O)CC2)CC1. The summed E-state index contributed by atoms with van der Waals surface area (Å²) in [7, 11) is 0. The summed E-state index contributed by atoms with van der Waals surface area (Å²) in [4.78, 5) is 10.6. The molecule has 0 heterocycles. The Morgan fingerprint density at radius 3 is 1.78 bits per heavy atom. The Labute approximate surface area is 113 Å². The van der Waals surface area contributed by atoms with Crippen LogP contribution in [0.4, 0.5) is 0 Å². The fraction of sp³-hybridized carbons (Fsp3) is 0.941. The van der Waals surface area contributed by atoms with Crippen molar-refractivity contribution in [1.29, 1.82) is 0 Å². The minimum Gasteiger partial charge on any atom is -0.303 e. The molecule has 0 atom stereocenters. The summed E-state index contributed by atoms with van der Waals surface area (Å²) in [5.74, 6) is 3.78. The van der Waals surface area contributed by atoms with Crippen LogP contribution in [0.15, 0.2) is 0 Å². The molecule has 2 fully saturated rings. The number of hydrogen-bond donors (Lipinski definition) is 0. The summed E-state index contributed by atoms with van der Waals surface area (Å²) in [6, 6.07) is 0. The molecule has 0 aliphatic heterocycles. The Bertz CT molecular complexity index is 232. The van der Waals surface area contributed by atoms with Gasteiger partial charge in [-0.1, -0.05) is 32.6 Å². The van der Waals surface area contributed by atoms with Gasteiger partial charge in [-0.15, -0.1) is 0 Å². The lowest BCUT2D eigenvalue weighted by Gasteiger charge is -2.37. The summed E-state index contributed by atoms with van der Waals surface area (Å²) in [6.07, 6.45) is 16.2. The second kappa shape index (κ2) is 7.31. The first kappa shape index (κ1) is 14.1. The first-order valence-electron chi connectivity index (χ1n) is 8.27. The van der Waals surface area contributed by atoms with Crippen LogP contribution in [0.2, 0.25) is 0 Å².